The number of fused-ring (bicyclic) bond motifs is 2. The fraction of sp³-hybridized carbons (Fsp3) is 0. The second-order valence-electron chi connectivity index (χ2n) is 4.80. The molecule has 0 saturated carbocycles. The number of hydrogen-bond acceptors (Lipinski definition) is 3. The van der Waals surface area contributed by atoms with Crippen LogP contribution in [0.3, 0.4) is 0 Å². The minimum Gasteiger partial charge on any atom is -0.507 e. The van der Waals surface area contributed by atoms with Gasteiger partial charge in [-0.3, -0.25) is 4.79 Å². The molecule has 2 aromatic carbocycles. The van der Waals surface area contributed by atoms with Crippen molar-refractivity contribution in [2.45, 2.75) is 0 Å². The van der Waals surface area contributed by atoms with Gasteiger partial charge in [0.05, 0.1) is 16.6 Å². The molecule has 21 heavy (non-hydrogen) atoms. The SMILES string of the molecule is O=c1cc(O)c2ccccc2n1-c1nc2ccccc2[nH]1. The van der Waals surface area contributed by atoms with Crippen molar-refractivity contribution in [2.75, 3.05) is 0 Å². The number of nitrogens with one attached hydrogen (secondary N) is 1. The van der Waals surface area contributed by atoms with E-state index in [4.69, 9.17) is 0 Å². The largest absolute Gasteiger partial charge is 0.507 e. The maximum atomic E-state index is 12.3. The van der Waals surface area contributed by atoms with Crippen molar-refractivity contribution in [3.05, 3.63) is 65.0 Å². The molecule has 2 aromatic heterocycles. The Labute approximate surface area is 119 Å². The number of H-pyrrole nitrogens is 1. The molecular formula is C16H11N3O2. The van der Waals surface area contributed by atoms with Crippen LogP contribution >= 0.6 is 0 Å². The summed E-state index contributed by atoms with van der Waals surface area (Å²) in [6.07, 6.45) is 0. The first kappa shape index (κ1) is 11.7. The number of imidazole rings is 1. The Balaban J connectivity index is 2.12. The first-order valence-corrected chi connectivity index (χ1v) is 6.53. The number of benzene rings is 2. The topological polar surface area (TPSA) is 70.9 Å². The van der Waals surface area contributed by atoms with Crippen LogP contribution in [-0.4, -0.2) is 19.6 Å². The molecule has 0 bridgehead atoms. The molecule has 0 atom stereocenters. The van der Waals surface area contributed by atoms with Crippen LogP contribution < -0.4 is 5.56 Å². The fourth-order valence-electron chi connectivity index (χ4n) is 2.53. The lowest BCUT2D eigenvalue weighted by Crippen LogP contribution is -2.18. The molecule has 0 fully saturated rings. The minimum absolute atomic E-state index is 0.0250. The third-order valence-electron chi connectivity index (χ3n) is 3.49. The smallest absolute Gasteiger partial charge is 0.261 e. The van der Waals surface area contributed by atoms with Crippen LogP contribution in [0.25, 0.3) is 27.9 Å². The van der Waals surface area contributed by atoms with Crippen molar-refractivity contribution < 1.29 is 5.11 Å². The van der Waals surface area contributed by atoms with Gasteiger partial charge >= 0.3 is 0 Å². The highest BCUT2D eigenvalue weighted by Gasteiger charge is 2.12. The van der Waals surface area contributed by atoms with E-state index in [9.17, 15) is 9.90 Å². The van der Waals surface area contributed by atoms with Crippen molar-refractivity contribution in [1.82, 2.24) is 14.5 Å². The molecule has 5 heteroatoms. The summed E-state index contributed by atoms with van der Waals surface area (Å²) in [5, 5.41) is 10.5. The molecule has 0 spiro atoms. The summed E-state index contributed by atoms with van der Waals surface area (Å²) in [5.41, 5.74) is 1.93. The molecule has 0 radical (unpaired) electrons. The maximum absolute atomic E-state index is 12.3. The average molecular weight is 277 g/mol. The van der Waals surface area contributed by atoms with Gasteiger partial charge in [-0.2, -0.15) is 0 Å². The Morgan fingerprint density at radius 1 is 1.05 bits per heavy atom. The normalized spacial score (nSPS) is 11.2. The minimum atomic E-state index is -0.328. The Morgan fingerprint density at radius 3 is 2.67 bits per heavy atom. The molecule has 2 N–H and O–H groups in total. The predicted molar refractivity (Wildman–Crippen MR) is 80.9 cm³/mol. The lowest BCUT2D eigenvalue weighted by atomic mass is 10.2. The molecular weight excluding hydrogens is 266 g/mol. The van der Waals surface area contributed by atoms with Crippen molar-refractivity contribution in [2.24, 2.45) is 0 Å². The van der Waals surface area contributed by atoms with E-state index >= 15 is 0 Å². The first-order valence-electron chi connectivity index (χ1n) is 6.53. The zero-order valence-electron chi connectivity index (χ0n) is 10.9. The third-order valence-corrected chi connectivity index (χ3v) is 3.49. The lowest BCUT2D eigenvalue weighted by molar-refractivity contribution is 0.480. The van der Waals surface area contributed by atoms with Crippen molar-refractivity contribution >= 4 is 21.9 Å². The number of nitrogens with zero attached hydrogens (tertiary/aromatic N) is 2. The van der Waals surface area contributed by atoms with Gasteiger partial charge in [0.15, 0.2) is 0 Å². The molecule has 5 nitrogen and oxygen atoms in total. The number of aromatic hydroxyl groups is 1. The van der Waals surface area contributed by atoms with Gasteiger partial charge in [-0.15, -0.1) is 0 Å². The summed E-state index contributed by atoms with van der Waals surface area (Å²) in [5.74, 6) is 0.417. The van der Waals surface area contributed by atoms with Gasteiger partial charge in [0.2, 0.25) is 5.95 Å². The van der Waals surface area contributed by atoms with Gasteiger partial charge in [0, 0.05) is 11.5 Å². The van der Waals surface area contributed by atoms with E-state index in [1.165, 1.54) is 10.6 Å². The Hall–Kier alpha value is -3.08. The third kappa shape index (κ3) is 1.71. The molecule has 4 rings (SSSR count). The standard InChI is InChI=1S/C16H11N3O2/c20-14-9-15(21)19(13-8-4-1-5-10(13)14)16-17-11-6-2-3-7-12(11)18-16/h1-9,20H,(H,17,18). The molecule has 0 unspecified atom stereocenters. The van der Waals surface area contributed by atoms with Crippen molar-refractivity contribution in [3.63, 3.8) is 0 Å². The number of hydrogen-bond donors (Lipinski definition) is 2. The fourth-order valence-corrected chi connectivity index (χ4v) is 2.53. The van der Waals surface area contributed by atoms with Crippen molar-refractivity contribution in [3.8, 4) is 11.7 Å². The van der Waals surface area contributed by atoms with Gasteiger partial charge < -0.3 is 10.1 Å². The van der Waals surface area contributed by atoms with Crippen LogP contribution in [0.2, 0.25) is 0 Å². The Morgan fingerprint density at radius 2 is 1.81 bits per heavy atom. The van der Waals surface area contributed by atoms with E-state index in [-0.39, 0.29) is 11.3 Å². The average Bonchev–Trinajstić information content (AvgIpc) is 2.90. The monoisotopic (exact) mass is 277 g/mol. The molecule has 0 aliphatic rings. The summed E-state index contributed by atoms with van der Waals surface area (Å²) in [7, 11) is 0. The highest BCUT2D eigenvalue weighted by molar-refractivity contribution is 5.86. The summed E-state index contributed by atoms with van der Waals surface area (Å²) in [6, 6.07) is 16.0. The van der Waals surface area contributed by atoms with E-state index in [0.29, 0.717) is 16.9 Å². The molecule has 0 amide bonds. The lowest BCUT2D eigenvalue weighted by Gasteiger charge is -2.08. The summed E-state index contributed by atoms with van der Waals surface area (Å²) < 4.78 is 1.47. The van der Waals surface area contributed by atoms with Gasteiger partial charge in [0.1, 0.15) is 5.75 Å². The van der Waals surface area contributed by atoms with Crippen LogP contribution in [0.1, 0.15) is 0 Å². The molecule has 0 saturated heterocycles. The van der Waals surface area contributed by atoms with Crippen LogP contribution in [0.4, 0.5) is 0 Å². The highest BCUT2D eigenvalue weighted by atomic mass is 16.3. The molecule has 2 heterocycles. The highest BCUT2D eigenvalue weighted by Crippen LogP contribution is 2.24. The molecule has 0 aliphatic heterocycles. The number of aromatic amines is 1. The predicted octanol–water partition coefficient (Wildman–Crippen LogP) is 2.57. The van der Waals surface area contributed by atoms with Gasteiger partial charge in [-0.05, 0) is 24.3 Å². The second-order valence-corrected chi connectivity index (χ2v) is 4.80. The van der Waals surface area contributed by atoms with Gasteiger partial charge in [-0.1, -0.05) is 24.3 Å². The zero-order valence-corrected chi connectivity index (χ0v) is 10.9. The Kier molecular flexibility index (Phi) is 2.35. The maximum Gasteiger partial charge on any atom is 0.261 e. The first-order chi connectivity index (χ1) is 10.2. The summed E-state index contributed by atoms with van der Waals surface area (Å²) in [4.78, 5) is 19.9. The second kappa shape index (κ2) is 4.21. The van der Waals surface area contributed by atoms with E-state index in [0.717, 1.165) is 11.0 Å². The van der Waals surface area contributed by atoms with Gasteiger partial charge in [-0.25, -0.2) is 9.55 Å². The van der Waals surface area contributed by atoms with Gasteiger partial charge in [0.25, 0.3) is 5.56 Å². The van der Waals surface area contributed by atoms with E-state index in [2.05, 4.69) is 9.97 Å². The number of aromatic nitrogens is 3. The van der Waals surface area contributed by atoms with E-state index in [1.807, 2.05) is 36.4 Å². The number of pyridine rings is 1. The Bertz CT molecular complexity index is 997. The van der Waals surface area contributed by atoms with E-state index in [1.54, 1.807) is 12.1 Å². The van der Waals surface area contributed by atoms with Crippen LogP contribution in [0.5, 0.6) is 5.75 Å². The number of rotatable bonds is 1. The molecule has 102 valence electrons. The summed E-state index contributed by atoms with van der Waals surface area (Å²) >= 11 is 0. The summed E-state index contributed by atoms with van der Waals surface area (Å²) in [6.45, 7) is 0. The zero-order chi connectivity index (χ0) is 14.4. The van der Waals surface area contributed by atoms with Crippen LogP contribution in [-0.2, 0) is 0 Å². The number of para-hydroxylation sites is 3. The van der Waals surface area contributed by atoms with Crippen LogP contribution in [0.15, 0.2) is 59.4 Å². The van der Waals surface area contributed by atoms with Crippen LogP contribution in [0, 0.1) is 0 Å². The molecule has 0 aliphatic carbocycles. The molecule has 4 aromatic rings. The quantitative estimate of drug-likeness (QED) is 0.561. The van der Waals surface area contributed by atoms with Crippen molar-refractivity contribution in [1.29, 1.82) is 0 Å². The van der Waals surface area contributed by atoms with E-state index < -0.39 is 0 Å².